The molecule has 0 atom stereocenters. The van der Waals surface area contributed by atoms with Crippen LogP contribution in [0.5, 0.6) is 0 Å². The third-order valence-corrected chi connectivity index (χ3v) is 7.64. The summed E-state index contributed by atoms with van der Waals surface area (Å²) in [4.78, 5) is 15.2. The Morgan fingerprint density at radius 1 is 1.07 bits per heavy atom. The van der Waals surface area contributed by atoms with Crippen molar-refractivity contribution in [2.45, 2.75) is 51.3 Å². The molecule has 5 nitrogen and oxygen atoms in total. The molecule has 0 bridgehead atoms. The van der Waals surface area contributed by atoms with Crippen LogP contribution < -0.4 is 4.90 Å². The highest BCUT2D eigenvalue weighted by Gasteiger charge is 2.26. The molecule has 1 aliphatic heterocycles. The molecule has 0 radical (unpaired) electrons. The molecule has 1 heterocycles. The lowest BCUT2D eigenvalue weighted by molar-refractivity contribution is 0.0985. The first-order chi connectivity index (χ1) is 13.8. The highest BCUT2D eigenvalue weighted by atomic mass is 32.2. The van der Waals surface area contributed by atoms with E-state index in [-0.39, 0.29) is 10.8 Å². The summed E-state index contributed by atoms with van der Waals surface area (Å²) in [6.45, 7) is 9.48. The Hall–Kier alpha value is -2.18. The first-order valence-electron chi connectivity index (χ1n) is 10.3. The number of fused-ring (bicyclic) bond motifs is 1. The SMILES string of the molecule is CCN(CC)S(=O)(=O)c1ccc(C(=O)N2CCCc3cc(C(C)C)ccc32)cc1. The summed E-state index contributed by atoms with van der Waals surface area (Å²) in [5.41, 5.74) is 3.95. The van der Waals surface area contributed by atoms with Crippen molar-refractivity contribution in [2.24, 2.45) is 0 Å². The van der Waals surface area contributed by atoms with E-state index < -0.39 is 10.0 Å². The van der Waals surface area contributed by atoms with Crippen LogP contribution in [-0.4, -0.2) is 38.3 Å². The van der Waals surface area contributed by atoms with Gasteiger partial charge in [-0.15, -0.1) is 0 Å². The summed E-state index contributed by atoms with van der Waals surface area (Å²) in [5, 5.41) is 0. The van der Waals surface area contributed by atoms with Crippen LogP contribution in [0.4, 0.5) is 5.69 Å². The Bertz CT molecular complexity index is 978. The van der Waals surface area contributed by atoms with Gasteiger partial charge in [0.15, 0.2) is 0 Å². The monoisotopic (exact) mass is 414 g/mol. The lowest BCUT2D eigenvalue weighted by Gasteiger charge is -2.30. The summed E-state index contributed by atoms with van der Waals surface area (Å²) in [6, 6.07) is 12.7. The van der Waals surface area contributed by atoms with E-state index in [2.05, 4.69) is 26.0 Å². The maximum absolute atomic E-state index is 13.2. The number of carbonyl (C=O) groups is 1. The average Bonchev–Trinajstić information content (AvgIpc) is 2.73. The largest absolute Gasteiger partial charge is 0.308 e. The van der Waals surface area contributed by atoms with Gasteiger partial charge in [0.25, 0.3) is 5.91 Å². The van der Waals surface area contributed by atoms with Crippen LogP contribution in [0.25, 0.3) is 0 Å². The Kier molecular flexibility index (Phi) is 6.44. The van der Waals surface area contributed by atoms with Crippen molar-refractivity contribution in [3.05, 3.63) is 59.2 Å². The zero-order chi connectivity index (χ0) is 21.2. The molecule has 0 aromatic heterocycles. The van der Waals surface area contributed by atoms with Gasteiger partial charge in [0.05, 0.1) is 4.90 Å². The van der Waals surface area contributed by atoms with Crippen LogP contribution in [0, 0.1) is 0 Å². The van der Waals surface area contributed by atoms with Crippen LogP contribution in [0.15, 0.2) is 47.4 Å². The number of aryl methyl sites for hydroxylation is 1. The topological polar surface area (TPSA) is 57.7 Å². The normalized spacial score (nSPS) is 14.3. The number of hydrogen-bond donors (Lipinski definition) is 0. The van der Waals surface area contributed by atoms with E-state index >= 15 is 0 Å². The van der Waals surface area contributed by atoms with Crippen molar-refractivity contribution < 1.29 is 13.2 Å². The fourth-order valence-electron chi connectivity index (χ4n) is 3.83. The van der Waals surface area contributed by atoms with Crippen molar-refractivity contribution in [2.75, 3.05) is 24.5 Å². The number of hydrogen-bond acceptors (Lipinski definition) is 3. The molecule has 2 aromatic carbocycles. The van der Waals surface area contributed by atoms with Crippen molar-refractivity contribution in [1.29, 1.82) is 0 Å². The van der Waals surface area contributed by atoms with E-state index in [4.69, 9.17) is 0 Å². The van der Waals surface area contributed by atoms with Crippen LogP contribution in [0.2, 0.25) is 0 Å². The molecule has 0 saturated carbocycles. The van der Waals surface area contributed by atoms with Gasteiger partial charge in [0.1, 0.15) is 0 Å². The lowest BCUT2D eigenvalue weighted by atomic mass is 9.94. The maximum atomic E-state index is 13.2. The summed E-state index contributed by atoms with van der Waals surface area (Å²) in [5.74, 6) is 0.363. The summed E-state index contributed by atoms with van der Waals surface area (Å²) >= 11 is 0. The molecule has 2 aromatic rings. The summed E-state index contributed by atoms with van der Waals surface area (Å²) in [7, 11) is -3.52. The predicted molar refractivity (Wildman–Crippen MR) is 117 cm³/mol. The van der Waals surface area contributed by atoms with Gasteiger partial charge in [-0.25, -0.2) is 8.42 Å². The highest BCUT2D eigenvalue weighted by molar-refractivity contribution is 7.89. The molecule has 0 unspecified atom stereocenters. The average molecular weight is 415 g/mol. The molecule has 0 spiro atoms. The number of sulfonamides is 1. The number of anilines is 1. The second-order valence-corrected chi connectivity index (χ2v) is 9.65. The third-order valence-electron chi connectivity index (χ3n) is 5.58. The molecule has 3 rings (SSSR count). The van der Waals surface area contributed by atoms with Gasteiger partial charge in [-0.05, 0) is 60.2 Å². The van der Waals surface area contributed by atoms with E-state index in [9.17, 15) is 13.2 Å². The van der Waals surface area contributed by atoms with E-state index in [1.54, 1.807) is 12.1 Å². The molecule has 0 saturated heterocycles. The molecule has 156 valence electrons. The van der Waals surface area contributed by atoms with Gasteiger partial charge in [-0.1, -0.05) is 39.8 Å². The molecule has 6 heteroatoms. The second-order valence-electron chi connectivity index (χ2n) is 7.72. The van der Waals surface area contributed by atoms with Crippen LogP contribution in [0.3, 0.4) is 0 Å². The molecular formula is C23H30N2O3S. The minimum Gasteiger partial charge on any atom is -0.308 e. The predicted octanol–water partition coefficient (Wildman–Crippen LogP) is 4.43. The maximum Gasteiger partial charge on any atom is 0.258 e. The molecule has 0 aliphatic carbocycles. The van der Waals surface area contributed by atoms with E-state index in [0.717, 1.165) is 18.5 Å². The number of rotatable bonds is 6. The van der Waals surface area contributed by atoms with Gasteiger partial charge in [0.2, 0.25) is 10.0 Å². The Morgan fingerprint density at radius 2 is 1.72 bits per heavy atom. The van der Waals surface area contributed by atoms with Gasteiger partial charge >= 0.3 is 0 Å². The van der Waals surface area contributed by atoms with Crippen molar-refractivity contribution in [3.8, 4) is 0 Å². The third kappa shape index (κ3) is 4.23. The number of benzene rings is 2. The minimum atomic E-state index is -3.52. The molecule has 1 aliphatic rings. The molecular weight excluding hydrogens is 384 g/mol. The number of amides is 1. The van der Waals surface area contributed by atoms with Gasteiger partial charge in [0, 0.05) is 30.9 Å². The zero-order valence-electron chi connectivity index (χ0n) is 17.7. The van der Waals surface area contributed by atoms with Crippen LogP contribution in [0.1, 0.15) is 61.5 Å². The first kappa shape index (κ1) is 21.5. The first-order valence-corrected chi connectivity index (χ1v) is 11.8. The van der Waals surface area contributed by atoms with Crippen molar-refractivity contribution in [1.82, 2.24) is 4.31 Å². The lowest BCUT2D eigenvalue weighted by Crippen LogP contribution is -2.35. The summed E-state index contributed by atoms with van der Waals surface area (Å²) in [6.07, 6.45) is 1.90. The molecule has 0 N–H and O–H groups in total. The Labute approximate surface area is 174 Å². The fraction of sp³-hybridized carbons (Fsp3) is 0.435. The molecule has 29 heavy (non-hydrogen) atoms. The van der Waals surface area contributed by atoms with E-state index in [0.29, 0.717) is 31.1 Å². The minimum absolute atomic E-state index is 0.0879. The summed E-state index contributed by atoms with van der Waals surface area (Å²) < 4.78 is 26.7. The highest BCUT2D eigenvalue weighted by Crippen LogP contribution is 2.31. The Balaban J connectivity index is 1.87. The van der Waals surface area contributed by atoms with Crippen LogP contribution >= 0.6 is 0 Å². The van der Waals surface area contributed by atoms with Crippen molar-refractivity contribution in [3.63, 3.8) is 0 Å². The van der Waals surface area contributed by atoms with Gasteiger partial charge in [-0.2, -0.15) is 4.31 Å². The van der Waals surface area contributed by atoms with Gasteiger partial charge < -0.3 is 4.90 Å². The standard InChI is InChI=1S/C23H30N2O3S/c1-5-24(6-2)29(27,28)21-12-9-18(10-13-21)23(26)25-15-7-8-20-16-19(17(3)4)11-14-22(20)25/h9-14,16-17H,5-8,15H2,1-4H3. The Morgan fingerprint density at radius 3 is 2.31 bits per heavy atom. The second kappa shape index (κ2) is 8.67. The van der Waals surface area contributed by atoms with Gasteiger partial charge in [-0.3, -0.25) is 4.79 Å². The quantitative estimate of drug-likeness (QED) is 0.702. The van der Waals surface area contributed by atoms with E-state index in [1.165, 1.54) is 27.6 Å². The smallest absolute Gasteiger partial charge is 0.258 e. The zero-order valence-corrected chi connectivity index (χ0v) is 18.5. The van der Waals surface area contributed by atoms with Crippen LogP contribution in [-0.2, 0) is 16.4 Å². The molecule has 0 fully saturated rings. The van der Waals surface area contributed by atoms with Crippen molar-refractivity contribution >= 4 is 21.6 Å². The van der Waals surface area contributed by atoms with E-state index in [1.807, 2.05) is 24.8 Å². The number of nitrogens with zero attached hydrogens (tertiary/aromatic N) is 2. The number of carbonyl (C=O) groups excluding carboxylic acids is 1. The molecule has 1 amide bonds. The fourth-order valence-corrected chi connectivity index (χ4v) is 5.28.